The van der Waals surface area contributed by atoms with Crippen LogP contribution in [0.3, 0.4) is 0 Å². The van der Waals surface area contributed by atoms with Crippen LogP contribution in [0.5, 0.6) is 0 Å². The van der Waals surface area contributed by atoms with Crippen LogP contribution < -0.4 is 4.90 Å². The molecule has 8 nitrogen and oxygen atoms in total. The molecule has 33 heavy (non-hydrogen) atoms. The third kappa shape index (κ3) is 2.89. The van der Waals surface area contributed by atoms with Crippen LogP contribution in [0.1, 0.15) is 43.4 Å². The Hall–Kier alpha value is -3.42. The lowest BCUT2D eigenvalue weighted by molar-refractivity contribution is -0.142. The van der Waals surface area contributed by atoms with Crippen molar-refractivity contribution in [1.82, 2.24) is 29.5 Å². The molecule has 0 radical (unpaired) electrons. The predicted octanol–water partition coefficient (Wildman–Crippen LogP) is 3.68. The van der Waals surface area contributed by atoms with Gasteiger partial charge in [0, 0.05) is 55.8 Å². The molecule has 1 spiro atoms. The smallest absolute Gasteiger partial charge is 0.219 e. The second-order valence-electron chi connectivity index (χ2n) is 10.2. The Morgan fingerprint density at radius 3 is 2.58 bits per heavy atom. The van der Waals surface area contributed by atoms with Gasteiger partial charge in [0.25, 0.3) is 0 Å². The van der Waals surface area contributed by atoms with Gasteiger partial charge < -0.3 is 14.8 Å². The van der Waals surface area contributed by atoms with Gasteiger partial charge in [-0.3, -0.25) is 4.79 Å². The van der Waals surface area contributed by atoms with Crippen LogP contribution in [0.15, 0.2) is 24.7 Å². The maximum Gasteiger partial charge on any atom is 0.219 e. The molecular formula is C25H29N7O. The number of hydrogen-bond donors (Lipinski definition) is 1. The highest BCUT2D eigenvalue weighted by Gasteiger charge is 2.52. The fourth-order valence-corrected chi connectivity index (χ4v) is 5.59. The van der Waals surface area contributed by atoms with Gasteiger partial charge in [0.05, 0.1) is 16.7 Å². The van der Waals surface area contributed by atoms with Crippen LogP contribution in [0.2, 0.25) is 0 Å². The van der Waals surface area contributed by atoms with E-state index in [0.29, 0.717) is 5.92 Å². The number of aromatic amines is 1. The molecule has 0 unspecified atom stereocenters. The summed E-state index contributed by atoms with van der Waals surface area (Å²) in [7, 11) is 0. The highest BCUT2D eigenvalue weighted by molar-refractivity contribution is 5.90. The molecule has 0 atom stereocenters. The summed E-state index contributed by atoms with van der Waals surface area (Å²) in [5.74, 6) is 1.50. The molecule has 2 aliphatic heterocycles. The highest BCUT2D eigenvalue weighted by atomic mass is 16.2. The van der Waals surface area contributed by atoms with E-state index < -0.39 is 0 Å². The normalized spacial score (nSPS) is 17.3. The Bertz CT molecular complexity index is 1420. The number of rotatable bonds is 3. The molecule has 4 aromatic heterocycles. The lowest BCUT2D eigenvalue weighted by Gasteiger charge is -2.60. The van der Waals surface area contributed by atoms with Crippen LogP contribution in [0.25, 0.3) is 27.9 Å². The van der Waals surface area contributed by atoms with Crippen molar-refractivity contribution < 1.29 is 4.79 Å². The van der Waals surface area contributed by atoms with Gasteiger partial charge in [0.2, 0.25) is 5.91 Å². The number of hydrogen-bond acceptors (Lipinski definition) is 5. The standard InChI is InChI=1S/C25H29N7O/c1-14(2)21-22(18-8-32-24(26-13-27-32)16(4)15(18)3)28-19-6-7-20(29-23(19)21)31-11-25(12-31)9-30(10-25)17(5)33/h6-8,13-14,28H,9-12H2,1-5H3. The van der Waals surface area contributed by atoms with Gasteiger partial charge in [-0.2, -0.15) is 5.10 Å². The lowest BCUT2D eigenvalue weighted by Crippen LogP contribution is -2.73. The molecule has 0 aliphatic carbocycles. The maximum absolute atomic E-state index is 11.6. The molecule has 1 amide bonds. The Labute approximate surface area is 192 Å². The van der Waals surface area contributed by atoms with Gasteiger partial charge in [-0.15, -0.1) is 0 Å². The van der Waals surface area contributed by atoms with E-state index in [-0.39, 0.29) is 11.3 Å². The number of pyridine rings is 2. The molecule has 4 aromatic rings. The molecule has 8 heteroatoms. The monoisotopic (exact) mass is 443 g/mol. The first-order valence-electron chi connectivity index (χ1n) is 11.6. The molecule has 2 fully saturated rings. The van der Waals surface area contributed by atoms with Crippen molar-refractivity contribution in [1.29, 1.82) is 0 Å². The van der Waals surface area contributed by atoms with E-state index >= 15 is 0 Å². The molecule has 2 aliphatic rings. The number of likely N-dealkylation sites (tertiary alicyclic amines) is 1. The summed E-state index contributed by atoms with van der Waals surface area (Å²) in [5, 5.41) is 4.38. The van der Waals surface area contributed by atoms with E-state index in [1.807, 2.05) is 9.42 Å². The van der Waals surface area contributed by atoms with Crippen molar-refractivity contribution in [3.05, 3.63) is 41.3 Å². The topological polar surface area (TPSA) is 82.4 Å². The molecule has 1 N–H and O–H groups in total. The van der Waals surface area contributed by atoms with Crippen LogP contribution in [0, 0.1) is 19.3 Å². The number of carbonyl (C=O) groups is 1. The number of H-pyrrole nitrogens is 1. The predicted molar refractivity (Wildman–Crippen MR) is 129 cm³/mol. The minimum absolute atomic E-state index is 0.176. The van der Waals surface area contributed by atoms with Crippen molar-refractivity contribution >= 4 is 28.4 Å². The van der Waals surface area contributed by atoms with E-state index in [2.05, 4.69) is 66.0 Å². The summed E-state index contributed by atoms with van der Waals surface area (Å²) in [6.45, 7) is 14.0. The number of amides is 1. The maximum atomic E-state index is 11.6. The zero-order valence-corrected chi connectivity index (χ0v) is 19.8. The molecule has 0 bridgehead atoms. The van der Waals surface area contributed by atoms with E-state index in [9.17, 15) is 4.79 Å². The van der Waals surface area contributed by atoms with E-state index in [1.165, 1.54) is 11.1 Å². The van der Waals surface area contributed by atoms with Gasteiger partial charge in [-0.1, -0.05) is 13.8 Å². The Morgan fingerprint density at radius 2 is 1.88 bits per heavy atom. The second-order valence-corrected chi connectivity index (χ2v) is 10.2. The summed E-state index contributed by atoms with van der Waals surface area (Å²) in [5.41, 5.74) is 9.05. The van der Waals surface area contributed by atoms with Crippen LogP contribution in [0.4, 0.5) is 5.82 Å². The summed E-state index contributed by atoms with van der Waals surface area (Å²) in [4.78, 5) is 29.0. The minimum Gasteiger partial charge on any atom is -0.355 e. The van der Waals surface area contributed by atoms with Crippen molar-refractivity contribution in [3.8, 4) is 11.3 Å². The van der Waals surface area contributed by atoms with Crippen LogP contribution in [-0.2, 0) is 4.79 Å². The van der Waals surface area contributed by atoms with Gasteiger partial charge in [-0.05, 0) is 43.0 Å². The molecule has 6 heterocycles. The fourth-order valence-electron chi connectivity index (χ4n) is 5.59. The lowest BCUT2D eigenvalue weighted by atomic mass is 9.73. The van der Waals surface area contributed by atoms with E-state index in [4.69, 9.17) is 4.98 Å². The zero-order valence-electron chi connectivity index (χ0n) is 19.8. The fraction of sp³-hybridized carbons (Fsp3) is 0.440. The summed E-state index contributed by atoms with van der Waals surface area (Å²) in [6.07, 6.45) is 3.67. The molecule has 6 rings (SSSR count). The molecular weight excluding hydrogens is 414 g/mol. The second kappa shape index (κ2) is 6.79. The molecule has 0 saturated carbocycles. The SMILES string of the molecule is CC(=O)N1CC2(C1)CN(c1ccc3[nH]c(-c4cn5ncnc5c(C)c4C)c(C(C)C)c3n1)C2. The third-order valence-corrected chi connectivity index (χ3v) is 7.51. The molecule has 0 aromatic carbocycles. The largest absolute Gasteiger partial charge is 0.355 e. The van der Waals surface area contributed by atoms with Gasteiger partial charge in [0.1, 0.15) is 12.1 Å². The number of fused-ring (bicyclic) bond motifs is 2. The number of aryl methyl sites for hydroxylation is 1. The zero-order chi connectivity index (χ0) is 23.1. The number of nitrogens with one attached hydrogen (secondary N) is 1. The van der Waals surface area contributed by atoms with Crippen molar-refractivity contribution in [2.45, 2.75) is 40.5 Å². The summed E-state index contributed by atoms with van der Waals surface area (Å²) >= 11 is 0. The molecule has 2 saturated heterocycles. The van der Waals surface area contributed by atoms with E-state index in [0.717, 1.165) is 65.5 Å². The third-order valence-electron chi connectivity index (χ3n) is 7.51. The van der Waals surface area contributed by atoms with E-state index in [1.54, 1.807) is 13.3 Å². The quantitative estimate of drug-likeness (QED) is 0.522. The Morgan fingerprint density at radius 1 is 1.12 bits per heavy atom. The first-order valence-corrected chi connectivity index (χ1v) is 11.6. The van der Waals surface area contributed by atoms with Crippen LogP contribution >= 0.6 is 0 Å². The number of carbonyl (C=O) groups excluding carboxylic acids is 1. The van der Waals surface area contributed by atoms with Gasteiger partial charge >= 0.3 is 0 Å². The summed E-state index contributed by atoms with van der Waals surface area (Å²) < 4.78 is 1.86. The Balaban J connectivity index is 1.39. The van der Waals surface area contributed by atoms with Gasteiger partial charge in [-0.25, -0.2) is 14.5 Å². The minimum atomic E-state index is 0.176. The average molecular weight is 444 g/mol. The van der Waals surface area contributed by atoms with Crippen molar-refractivity contribution in [3.63, 3.8) is 0 Å². The average Bonchev–Trinajstić information content (AvgIpc) is 3.32. The van der Waals surface area contributed by atoms with Crippen LogP contribution in [-0.4, -0.2) is 61.6 Å². The number of anilines is 1. The highest BCUT2D eigenvalue weighted by Crippen LogP contribution is 2.43. The van der Waals surface area contributed by atoms with Crippen molar-refractivity contribution in [2.24, 2.45) is 5.41 Å². The first kappa shape index (κ1) is 20.2. The summed E-state index contributed by atoms with van der Waals surface area (Å²) in [6, 6.07) is 4.26. The molecule has 170 valence electrons. The van der Waals surface area contributed by atoms with Crippen molar-refractivity contribution in [2.75, 3.05) is 31.1 Å². The van der Waals surface area contributed by atoms with Gasteiger partial charge in [0.15, 0.2) is 5.65 Å². The Kier molecular flexibility index (Phi) is 4.16. The number of nitrogens with zero attached hydrogens (tertiary/aromatic N) is 6. The first-order chi connectivity index (χ1) is 15.8. The number of aromatic nitrogens is 5.